The Balaban J connectivity index is 2.08. The van der Waals surface area contributed by atoms with Crippen LogP contribution in [-0.4, -0.2) is 14.9 Å². The van der Waals surface area contributed by atoms with E-state index in [1.807, 2.05) is 0 Å². The van der Waals surface area contributed by atoms with Crippen molar-refractivity contribution in [3.63, 3.8) is 0 Å². The van der Waals surface area contributed by atoms with Crippen LogP contribution in [0.15, 0.2) is 0 Å². The predicted molar refractivity (Wildman–Crippen MR) is 17.9 cm³/mol. The van der Waals surface area contributed by atoms with Crippen molar-refractivity contribution in [1.82, 2.24) is 0 Å². The van der Waals surface area contributed by atoms with Gasteiger partial charge in [0.05, 0.1) is 0 Å². The van der Waals surface area contributed by atoms with Crippen molar-refractivity contribution in [3.8, 4) is 0 Å². The topological polar surface area (TPSA) is 44.5 Å². The predicted octanol–water partition coefficient (Wildman–Crippen LogP) is -1.49. The molecule has 0 spiro atoms. The Hall–Kier alpha value is 0.00987. The molecule has 1 aliphatic rings. The molecule has 0 aromatic heterocycles. The lowest BCUT2D eigenvalue weighted by atomic mass is 10.00. The average molecular weight is 69.6 g/mol. The Morgan fingerprint density at radius 1 is 1.60 bits per heavy atom. The Morgan fingerprint density at radius 2 is 2.00 bits per heavy atom. The van der Waals surface area contributed by atoms with Crippen LogP contribution in [0.1, 0.15) is 0 Å². The highest BCUT2D eigenvalue weighted by atomic mass is 16.7. The van der Waals surface area contributed by atoms with E-state index >= 15 is 0 Å². The van der Waals surface area contributed by atoms with Gasteiger partial charge in [0.1, 0.15) is 0 Å². The Morgan fingerprint density at radius 3 is 2.00 bits per heavy atom. The van der Waals surface area contributed by atoms with Gasteiger partial charge in [-0.3, -0.25) is 0 Å². The molecular formula is H2B2NO2. The van der Waals surface area contributed by atoms with Gasteiger partial charge in [-0.15, -0.1) is 0 Å². The summed E-state index contributed by atoms with van der Waals surface area (Å²) in [6, 6.07) is 0. The molecule has 5 heavy (non-hydrogen) atoms. The normalized spacial score (nSPS) is 20.6. The first-order chi connectivity index (χ1) is 2.39. The highest BCUT2D eigenvalue weighted by Gasteiger charge is 2.23. The van der Waals surface area contributed by atoms with E-state index in [2.05, 4.69) is 9.14 Å². The second kappa shape index (κ2) is 1.01. The lowest BCUT2D eigenvalue weighted by Gasteiger charge is -2.15. The summed E-state index contributed by atoms with van der Waals surface area (Å²) < 4.78 is 8.72. The molecule has 1 aliphatic heterocycles. The maximum Gasteiger partial charge on any atom is 0.523 e. The van der Waals surface area contributed by atoms with Gasteiger partial charge in [0.15, 0.2) is 0 Å². The Kier molecular flexibility index (Phi) is 0.646. The fourth-order valence-electron chi connectivity index (χ4n) is 0.120. The lowest BCUT2D eigenvalue weighted by molar-refractivity contribution is 0.313. The summed E-state index contributed by atoms with van der Waals surface area (Å²) in [4.78, 5) is 0. The van der Waals surface area contributed by atoms with Crippen molar-refractivity contribution in [1.29, 1.82) is 0 Å². The van der Waals surface area contributed by atoms with E-state index in [1.54, 1.807) is 0 Å². The summed E-state index contributed by atoms with van der Waals surface area (Å²) in [7, 11) is 0.708. The molecule has 1 fully saturated rings. The standard InChI is InChI=1S/B2H2NO2/c3-2-4-1-5-2/h3H2. The molecule has 1 radical (unpaired) electrons. The maximum absolute atomic E-state index is 4.90. The second-order valence-electron chi connectivity index (χ2n) is 0.737. The Labute approximate surface area is 30.9 Å². The van der Waals surface area contributed by atoms with Crippen molar-refractivity contribution in [2.75, 3.05) is 0 Å². The molecule has 0 amide bonds. The third-order valence-electron chi connectivity index (χ3n) is 0.379. The van der Waals surface area contributed by atoms with Gasteiger partial charge < -0.3 is 14.8 Å². The zero-order valence-electron chi connectivity index (χ0n) is 2.55. The van der Waals surface area contributed by atoms with E-state index in [0.29, 0.717) is 0 Å². The average Bonchev–Trinajstić information content (AvgIpc) is 1.30. The van der Waals surface area contributed by atoms with Crippen LogP contribution in [0, 0.1) is 0 Å². The molecule has 0 saturated carbocycles. The summed E-state index contributed by atoms with van der Waals surface area (Å²) in [6.07, 6.45) is 0. The van der Waals surface area contributed by atoms with E-state index in [0.717, 1.165) is 0 Å². The third-order valence-corrected chi connectivity index (χ3v) is 0.379. The number of hydrogen-bond acceptors (Lipinski definition) is 3. The summed E-state index contributed by atoms with van der Waals surface area (Å²) in [5, 5.41) is 0. The quantitative estimate of drug-likeness (QED) is 0.353. The summed E-state index contributed by atoms with van der Waals surface area (Å²) >= 11 is 0. The summed E-state index contributed by atoms with van der Waals surface area (Å²) in [5.41, 5.74) is 4.90. The van der Waals surface area contributed by atoms with Crippen LogP contribution in [0.5, 0.6) is 0 Å². The molecule has 0 unspecified atom stereocenters. The fourth-order valence-corrected chi connectivity index (χ4v) is 0.120. The van der Waals surface area contributed by atoms with Crippen LogP contribution in [0.25, 0.3) is 0 Å². The van der Waals surface area contributed by atoms with Gasteiger partial charge in [0.2, 0.25) is 0 Å². The summed E-state index contributed by atoms with van der Waals surface area (Å²) in [5.74, 6) is 0. The first-order valence-corrected chi connectivity index (χ1v) is 1.28. The molecule has 1 rings (SSSR count). The monoisotopic (exact) mass is 70.0 g/mol. The van der Waals surface area contributed by atoms with Gasteiger partial charge in [-0.1, -0.05) is 0 Å². The van der Waals surface area contributed by atoms with E-state index in [9.17, 15) is 0 Å². The van der Waals surface area contributed by atoms with E-state index in [-0.39, 0.29) is 0 Å². The van der Waals surface area contributed by atoms with E-state index in [1.165, 1.54) is 7.69 Å². The van der Waals surface area contributed by atoms with Crippen molar-refractivity contribution in [2.24, 2.45) is 5.64 Å². The molecule has 0 atom stereocenters. The van der Waals surface area contributed by atoms with E-state index in [4.69, 9.17) is 5.64 Å². The molecular weight excluding hydrogens is 67.6 g/mol. The molecule has 2 N–H and O–H groups in total. The molecule has 3 nitrogen and oxygen atoms in total. The third kappa shape index (κ3) is 0.448. The highest BCUT2D eigenvalue weighted by Crippen LogP contribution is 1.87. The first-order valence-electron chi connectivity index (χ1n) is 1.28. The largest absolute Gasteiger partial charge is 0.523 e. The van der Waals surface area contributed by atoms with Crippen LogP contribution < -0.4 is 5.64 Å². The molecule has 5 heteroatoms. The minimum absolute atomic E-state index is 0.491. The van der Waals surface area contributed by atoms with Gasteiger partial charge in [-0.25, -0.2) is 0 Å². The molecule has 25 valence electrons. The number of rotatable bonds is 0. The molecule has 1 heterocycles. The van der Waals surface area contributed by atoms with Gasteiger partial charge in [-0.2, -0.15) is 0 Å². The lowest BCUT2D eigenvalue weighted by Crippen LogP contribution is -2.46. The minimum Gasteiger partial charge on any atom is -0.441 e. The molecule has 0 bridgehead atoms. The van der Waals surface area contributed by atoms with Crippen LogP contribution >= 0.6 is 0 Å². The fraction of sp³-hybridized carbons (Fsp3) is 0. The smallest absolute Gasteiger partial charge is 0.441 e. The highest BCUT2D eigenvalue weighted by molar-refractivity contribution is 6.61. The van der Waals surface area contributed by atoms with Crippen LogP contribution in [-0.2, 0) is 9.14 Å². The number of nitrogens with two attached hydrogens (primary N) is 1. The van der Waals surface area contributed by atoms with Crippen molar-refractivity contribution in [3.05, 3.63) is 0 Å². The summed E-state index contributed by atoms with van der Waals surface area (Å²) in [6.45, 7) is 0. The van der Waals surface area contributed by atoms with E-state index < -0.39 is 7.25 Å². The van der Waals surface area contributed by atoms with Gasteiger partial charge >= 0.3 is 14.9 Å². The molecule has 0 aromatic rings. The van der Waals surface area contributed by atoms with Crippen LogP contribution in [0.3, 0.4) is 0 Å². The van der Waals surface area contributed by atoms with Crippen LogP contribution in [0.2, 0.25) is 0 Å². The molecule has 1 saturated heterocycles. The van der Waals surface area contributed by atoms with Gasteiger partial charge in [-0.05, 0) is 0 Å². The Bertz CT molecular complexity index is 34.6. The van der Waals surface area contributed by atoms with Crippen molar-refractivity contribution >= 4 is 14.9 Å². The first kappa shape index (κ1) is 3.21. The number of hydrogen-bond donors (Lipinski definition) is 1. The van der Waals surface area contributed by atoms with Crippen molar-refractivity contribution in [2.45, 2.75) is 0 Å². The SMILES string of the molecule is NB1O[B]O1. The zero-order chi connectivity index (χ0) is 3.70. The molecule has 0 aromatic carbocycles. The van der Waals surface area contributed by atoms with Crippen molar-refractivity contribution < 1.29 is 9.14 Å². The second-order valence-corrected chi connectivity index (χ2v) is 0.737. The maximum atomic E-state index is 4.90. The van der Waals surface area contributed by atoms with Gasteiger partial charge in [0, 0.05) is 0 Å². The minimum atomic E-state index is -0.491. The zero-order valence-corrected chi connectivity index (χ0v) is 2.55. The van der Waals surface area contributed by atoms with Gasteiger partial charge in [0.25, 0.3) is 0 Å². The molecule has 0 aliphatic carbocycles. The van der Waals surface area contributed by atoms with Crippen LogP contribution in [0.4, 0.5) is 0 Å².